The summed E-state index contributed by atoms with van der Waals surface area (Å²) in [6.07, 6.45) is 2.51. The van der Waals surface area contributed by atoms with Gasteiger partial charge in [-0.3, -0.25) is 4.79 Å². The van der Waals surface area contributed by atoms with Crippen LogP contribution in [0.2, 0.25) is 10.0 Å². The number of methoxy groups -OCH3 is 1. The third-order valence-corrected chi connectivity index (χ3v) is 5.96. The van der Waals surface area contributed by atoms with E-state index in [0.717, 1.165) is 11.1 Å². The molecule has 186 valence electrons. The van der Waals surface area contributed by atoms with Crippen molar-refractivity contribution in [2.24, 2.45) is 0 Å². The maximum Gasteiger partial charge on any atom is 0.303 e. The molecule has 0 spiro atoms. The van der Waals surface area contributed by atoms with Crippen molar-refractivity contribution in [3.8, 4) is 5.75 Å². The molecule has 9 heteroatoms. The molecule has 0 bridgehead atoms. The second-order valence-corrected chi connectivity index (χ2v) is 9.26. The number of ether oxygens (including phenoxy) is 4. The Balaban J connectivity index is 2.97. The zero-order chi connectivity index (χ0) is 25.2. The highest BCUT2D eigenvalue weighted by atomic mass is 35.5. The molecule has 6 nitrogen and oxygen atoms in total. The second kappa shape index (κ2) is 14.1. The van der Waals surface area contributed by atoms with E-state index in [2.05, 4.69) is 13.8 Å². The van der Waals surface area contributed by atoms with Crippen molar-refractivity contribution in [2.75, 3.05) is 32.8 Å². The van der Waals surface area contributed by atoms with Crippen LogP contribution in [0.15, 0.2) is 35.6 Å². The van der Waals surface area contributed by atoms with E-state index < -0.39 is 23.6 Å². The lowest BCUT2D eigenvalue weighted by Gasteiger charge is -2.28. The molecule has 0 aliphatic carbocycles. The van der Waals surface area contributed by atoms with E-state index in [1.54, 1.807) is 12.1 Å². The fourth-order valence-corrected chi connectivity index (χ4v) is 3.52. The third kappa shape index (κ3) is 9.75. The number of carbonyl (C=O) groups excluding carboxylic acids is 1. The largest absolute Gasteiger partial charge is 0.495 e. The molecule has 0 amide bonds. The van der Waals surface area contributed by atoms with E-state index >= 15 is 0 Å². The van der Waals surface area contributed by atoms with Crippen molar-refractivity contribution in [1.29, 1.82) is 0 Å². The van der Waals surface area contributed by atoms with Gasteiger partial charge in [0.2, 0.25) is 0 Å². The van der Waals surface area contributed by atoms with Crippen LogP contribution in [0.25, 0.3) is 0 Å². The Morgan fingerprint density at radius 2 is 1.70 bits per heavy atom. The van der Waals surface area contributed by atoms with Crippen LogP contribution in [0.5, 0.6) is 5.75 Å². The summed E-state index contributed by atoms with van der Waals surface area (Å²) >= 11 is 18.8. The van der Waals surface area contributed by atoms with Crippen LogP contribution < -0.4 is 4.74 Å². The average Bonchev–Trinajstić information content (AvgIpc) is 2.74. The van der Waals surface area contributed by atoms with Gasteiger partial charge in [-0.25, -0.2) is 0 Å². The first-order valence-electron chi connectivity index (χ1n) is 10.4. The smallest absolute Gasteiger partial charge is 0.303 e. The first kappa shape index (κ1) is 29.6. The highest BCUT2D eigenvalue weighted by Gasteiger charge is 2.25. The minimum Gasteiger partial charge on any atom is -0.495 e. The van der Waals surface area contributed by atoms with E-state index in [9.17, 15) is 9.90 Å². The van der Waals surface area contributed by atoms with Crippen LogP contribution in [0, 0.1) is 0 Å². The molecule has 1 N–H and O–H groups in total. The summed E-state index contributed by atoms with van der Waals surface area (Å²) in [4.78, 5) is 11.1. The zero-order valence-electron chi connectivity index (χ0n) is 19.9. The molecule has 1 aromatic rings. The topological polar surface area (TPSA) is 74.2 Å². The first-order chi connectivity index (χ1) is 15.4. The molecule has 0 saturated carbocycles. The van der Waals surface area contributed by atoms with E-state index in [0.29, 0.717) is 21.6 Å². The lowest BCUT2D eigenvalue weighted by atomic mass is 9.78. The van der Waals surface area contributed by atoms with Crippen LogP contribution in [0.3, 0.4) is 0 Å². The summed E-state index contributed by atoms with van der Waals surface area (Å²) in [7, 11) is 1.52. The fourth-order valence-electron chi connectivity index (χ4n) is 2.77. The third-order valence-electron chi connectivity index (χ3n) is 5.05. The van der Waals surface area contributed by atoms with Gasteiger partial charge in [0.15, 0.2) is 5.75 Å². The number of carbonyl (C=O) groups is 1. The Hall–Kier alpha value is -1.44. The van der Waals surface area contributed by atoms with Gasteiger partial charge in [-0.1, -0.05) is 48.7 Å². The molecule has 0 fully saturated rings. The van der Waals surface area contributed by atoms with Crippen LogP contribution in [-0.2, 0) is 24.4 Å². The Labute approximate surface area is 211 Å². The van der Waals surface area contributed by atoms with Gasteiger partial charge < -0.3 is 24.1 Å². The van der Waals surface area contributed by atoms with E-state index in [1.807, 2.05) is 26.0 Å². The normalized spacial score (nSPS) is 14.6. The second-order valence-electron chi connectivity index (χ2n) is 8.14. The van der Waals surface area contributed by atoms with Gasteiger partial charge in [0, 0.05) is 19.4 Å². The highest BCUT2D eigenvalue weighted by Crippen LogP contribution is 2.40. The lowest BCUT2D eigenvalue weighted by Crippen LogP contribution is -2.26. The summed E-state index contributed by atoms with van der Waals surface area (Å²) in [6.45, 7) is 9.64. The number of alkyl halides is 1. The van der Waals surface area contributed by atoms with Gasteiger partial charge in [0.1, 0.15) is 25.4 Å². The Morgan fingerprint density at radius 3 is 2.21 bits per heavy atom. The number of aliphatic hydroxyl groups excluding tert-OH is 1. The van der Waals surface area contributed by atoms with Crippen molar-refractivity contribution in [1.82, 2.24) is 0 Å². The summed E-state index contributed by atoms with van der Waals surface area (Å²) in [5.74, 6) is 0.621. The molecule has 0 aliphatic heterocycles. The summed E-state index contributed by atoms with van der Waals surface area (Å²) in [5, 5.41) is 10.4. The molecular formula is C24H33Cl3O6. The fraction of sp³-hybridized carbons (Fsp3) is 0.542. The molecule has 0 saturated heterocycles. The lowest BCUT2D eigenvalue weighted by molar-refractivity contribution is -0.146. The maximum absolute atomic E-state index is 11.1. The monoisotopic (exact) mass is 522 g/mol. The number of halogens is 3. The highest BCUT2D eigenvalue weighted by molar-refractivity contribution is 6.37. The van der Waals surface area contributed by atoms with Crippen LogP contribution in [0.1, 0.15) is 40.2 Å². The number of aliphatic hydroxyl groups is 1. The molecule has 0 unspecified atom stereocenters. The van der Waals surface area contributed by atoms with Crippen LogP contribution in [0.4, 0.5) is 0 Å². The quantitative estimate of drug-likeness (QED) is 0.155. The van der Waals surface area contributed by atoms with Gasteiger partial charge in [-0.2, -0.15) is 0 Å². The van der Waals surface area contributed by atoms with Crippen molar-refractivity contribution >= 4 is 40.8 Å². The predicted molar refractivity (Wildman–Crippen MR) is 133 cm³/mol. The van der Waals surface area contributed by atoms with E-state index in [-0.39, 0.29) is 25.7 Å². The molecule has 2 atom stereocenters. The van der Waals surface area contributed by atoms with Gasteiger partial charge in [-0.05, 0) is 37.6 Å². The van der Waals surface area contributed by atoms with Crippen molar-refractivity contribution in [3.05, 3.63) is 51.2 Å². The van der Waals surface area contributed by atoms with Crippen molar-refractivity contribution in [2.45, 2.75) is 52.2 Å². The van der Waals surface area contributed by atoms with Crippen molar-refractivity contribution < 1.29 is 28.8 Å². The van der Waals surface area contributed by atoms with Gasteiger partial charge >= 0.3 is 5.97 Å². The Bertz CT molecular complexity index is 828. The molecule has 0 heterocycles. The number of allylic oxidation sites excluding steroid dienone is 4. The van der Waals surface area contributed by atoms with Crippen LogP contribution >= 0.6 is 34.8 Å². The van der Waals surface area contributed by atoms with Crippen LogP contribution in [-0.4, -0.2) is 56.1 Å². The minimum atomic E-state index is -0.682. The maximum atomic E-state index is 11.1. The Kier molecular flexibility index (Phi) is 12.6. The number of rotatable bonds is 13. The number of esters is 1. The van der Waals surface area contributed by atoms with Gasteiger partial charge in [0.25, 0.3) is 0 Å². The number of hydrogen-bond acceptors (Lipinski definition) is 6. The molecule has 0 aromatic heterocycles. The number of hydrogen-bond donors (Lipinski definition) is 1. The SMILES string of the molecule is COC[C@@H](O)CO/C(C)=C/C=C(\C)C(C)(C)c1cc(Cl)c(OC[C@H](CCl)OC(C)=O)c(Cl)c1. The summed E-state index contributed by atoms with van der Waals surface area (Å²) in [5.41, 5.74) is 1.55. The molecule has 0 radical (unpaired) electrons. The minimum absolute atomic E-state index is 0.0351. The van der Waals surface area contributed by atoms with Crippen molar-refractivity contribution in [3.63, 3.8) is 0 Å². The van der Waals surface area contributed by atoms with Gasteiger partial charge in [0.05, 0.1) is 28.3 Å². The Morgan fingerprint density at radius 1 is 1.09 bits per heavy atom. The average molecular weight is 524 g/mol. The molecule has 1 aromatic carbocycles. The summed E-state index contributed by atoms with van der Waals surface area (Å²) in [6, 6.07) is 3.60. The molecule has 1 rings (SSSR count). The first-order valence-corrected chi connectivity index (χ1v) is 11.7. The zero-order valence-corrected chi connectivity index (χ0v) is 22.2. The van der Waals surface area contributed by atoms with E-state index in [4.69, 9.17) is 53.8 Å². The summed E-state index contributed by atoms with van der Waals surface area (Å²) < 4.78 is 21.2. The molecule has 0 aliphatic rings. The number of benzene rings is 1. The molecular weight excluding hydrogens is 491 g/mol. The van der Waals surface area contributed by atoms with Gasteiger partial charge in [-0.15, -0.1) is 11.6 Å². The predicted octanol–water partition coefficient (Wildman–Crippen LogP) is 5.69. The van der Waals surface area contributed by atoms with E-state index in [1.165, 1.54) is 14.0 Å². The standard InChI is InChI=1S/C24H33Cl3O6/c1-15(7-8-16(2)31-13-19(29)12-30-6)24(4,5)18-9-21(26)23(22(27)10-18)32-14-20(11-25)33-17(3)28/h7-10,19-20,29H,11-14H2,1-6H3/b15-7+,16-8+/t19-,20+/m1/s1. The molecule has 33 heavy (non-hydrogen) atoms.